The SMILES string of the molecule is CC(C)(C)OC(=O)N1CC[C@H](O[C@H]2CCCC(F)(F)[C@@H]2NS(=O)(=O)c2ccc([N+](=O)[O-])cc2)[C@@H](F)C1. The third-order valence-corrected chi connectivity index (χ3v) is 7.41. The molecule has 2 aliphatic rings. The number of nitro benzene ring substituents is 1. The van der Waals surface area contributed by atoms with Crippen LogP contribution in [0.2, 0.25) is 0 Å². The number of piperidine rings is 1. The highest BCUT2D eigenvalue weighted by molar-refractivity contribution is 7.89. The van der Waals surface area contributed by atoms with Crippen molar-refractivity contribution < 1.29 is 40.8 Å². The van der Waals surface area contributed by atoms with Crippen LogP contribution in [-0.2, 0) is 19.5 Å². The van der Waals surface area contributed by atoms with Gasteiger partial charge in [-0.05, 0) is 52.2 Å². The summed E-state index contributed by atoms with van der Waals surface area (Å²) >= 11 is 0. The van der Waals surface area contributed by atoms with Crippen LogP contribution >= 0.6 is 0 Å². The fourth-order valence-electron chi connectivity index (χ4n) is 4.18. The number of likely N-dealkylation sites (tertiary alicyclic amines) is 1. The molecule has 1 aromatic carbocycles. The topological polar surface area (TPSA) is 128 Å². The lowest BCUT2D eigenvalue weighted by atomic mass is 9.89. The molecular formula is C22H30F3N3O7S. The lowest BCUT2D eigenvalue weighted by Gasteiger charge is -2.42. The first kappa shape index (κ1) is 28.1. The molecule has 1 heterocycles. The van der Waals surface area contributed by atoms with Gasteiger partial charge in [-0.3, -0.25) is 10.1 Å². The second kappa shape index (κ2) is 10.5. The fourth-order valence-corrected chi connectivity index (χ4v) is 5.47. The summed E-state index contributed by atoms with van der Waals surface area (Å²) < 4.78 is 83.1. The van der Waals surface area contributed by atoms with Crippen molar-refractivity contribution in [3.8, 4) is 0 Å². The maximum Gasteiger partial charge on any atom is 0.410 e. The van der Waals surface area contributed by atoms with Gasteiger partial charge in [0.25, 0.3) is 11.6 Å². The molecule has 1 amide bonds. The molecule has 36 heavy (non-hydrogen) atoms. The van der Waals surface area contributed by atoms with Crippen LogP contribution in [0, 0.1) is 10.1 Å². The number of amides is 1. The number of halogens is 3. The van der Waals surface area contributed by atoms with Gasteiger partial charge in [0.05, 0.1) is 28.6 Å². The maximum atomic E-state index is 14.9. The average Bonchev–Trinajstić information content (AvgIpc) is 2.76. The molecule has 202 valence electrons. The van der Waals surface area contributed by atoms with E-state index < -0.39 is 68.3 Å². The van der Waals surface area contributed by atoms with Crippen LogP contribution in [0.5, 0.6) is 0 Å². The minimum Gasteiger partial charge on any atom is -0.444 e. The Morgan fingerprint density at radius 2 is 1.83 bits per heavy atom. The number of carbonyl (C=O) groups excluding carboxylic acids is 1. The van der Waals surface area contributed by atoms with Crippen molar-refractivity contribution in [3.05, 3.63) is 34.4 Å². The Kier molecular flexibility index (Phi) is 8.20. The molecule has 10 nitrogen and oxygen atoms in total. The molecule has 0 aromatic heterocycles. The van der Waals surface area contributed by atoms with Crippen LogP contribution in [-0.4, -0.2) is 73.4 Å². The monoisotopic (exact) mass is 537 g/mol. The van der Waals surface area contributed by atoms with E-state index >= 15 is 0 Å². The molecule has 4 atom stereocenters. The van der Waals surface area contributed by atoms with Gasteiger partial charge >= 0.3 is 6.09 Å². The number of alkyl halides is 3. The molecule has 0 bridgehead atoms. The standard InChI is InChI=1S/C22H30F3N3O7S/c1-21(2,3)35-20(29)27-12-10-17(16(23)13-27)34-18-5-4-11-22(24,25)19(18)26-36(32,33)15-8-6-14(7-9-15)28(30)31/h6-9,16-19,26H,4-5,10-13H2,1-3H3/t16-,17-,18-,19+/m0/s1. The Balaban J connectivity index is 1.71. The largest absolute Gasteiger partial charge is 0.444 e. The molecule has 1 saturated carbocycles. The van der Waals surface area contributed by atoms with Crippen molar-refractivity contribution in [2.75, 3.05) is 13.1 Å². The summed E-state index contributed by atoms with van der Waals surface area (Å²) in [5.74, 6) is -3.47. The molecule has 3 rings (SSSR count). The molecule has 1 aliphatic heterocycles. The number of rotatable bonds is 6. The molecule has 0 radical (unpaired) electrons. The summed E-state index contributed by atoms with van der Waals surface area (Å²) in [6.45, 7) is 4.77. The van der Waals surface area contributed by atoms with E-state index in [1.165, 1.54) is 4.90 Å². The molecular weight excluding hydrogens is 507 g/mol. The minimum absolute atomic E-state index is 0.0182. The van der Waals surface area contributed by atoms with Gasteiger partial charge in [-0.2, -0.15) is 4.72 Å². The van der Waals surface area contributed by atoms with Crippen molar-refractivity contribution in [1.29, 1.82) is 0 Å². The Morgan fingerprint density at radius 1 is 1.19 bits per heavy atom. The van der Waals surface area contributed by atoms with Crippen LogP contribution in [0.3, 0.4) is 0 Å². The first-order valence-corrected chi connectivity index (χ1v) is 13.0. The van der Waals surface area contributed by atoms with Crippen LogP contribution in [0.1, 0.15) is 46.5 Å². The highest BCUT2D eigenvalue weighted by Gasteiger charge is 2.51. The lowest BCUT2D eigenvalue weighted by molar-refractivity contribution is -0.384. The van der Waals surface area contributed by atoms with Gasteiger partial charge in [-0.15, -0.1) is 0 Å². The zero-order valence-corrected chi connectivity index (χ0v) is 21.0. The van der Waals surface area contributed by atoms with Crippen LogP contribution in [0.15, 0.2) is 29.2 Å². The number of non-ortho nitro benzene ring substituents is 1. The van der Waals surface area contributed by atoms with Gasteiger partial charge < -0.3 is 14.4 Å². The maximum absolute atomic E-state index is 14.9. The smallest absolute Gasteiger partial charge is 0.410 e. The minimum atomic E-state index is -4.49. The first-order valence-electron chi connectivity index (χ1n) is 11.5. The third-order valence-electron chi connectivity index (χ3n) is 5.95. The van der Waals surface area contributed by atoms with E-state index in [9.17, 15) is 36.5 Å². The highest BCUT2D eigenvalue weighted by Crippen LogP contribution is 2.37. The Morgan fingerprint density at radius 3 is 2.39 bits per heavy atom. The number of nitrogens with one attached hydrogen (secondary N) is 1. The van der Waals surface area contributed by atoms with Crippen LogP contribution in [0.4, 0.5) is 23.7 Å². The van der Waals surface area contributed by atoms with Gasteiger partial charge in [0.2, 0.25) is 10.0 Å². The number of nitro groups is 1. The normalized spacial score (nSPS) is 26.9. The Labute approximate surface area is 207 Å². The predicted molar refractivity (Wildman–Crippen MR) is 122 cm³/mol. The Hall–Kier alpha value is -2.45. The predicted octanol–water partition coefficient (Wildman–Crippen LogP) is 3.79. The van der Waals surface area contributed by atoms with Crippen molar-refractivity contribution >= 4 is 21.8 Å². The number of ether oxygens (including phenoxy) is 2. The van der Waals surface area contributed by atoms with E-state index in [0.29, 0.717) is 0 Å². The number of carbonyl (C=O) groups is 1. The summed E-state index contributed by atoms with van der Waals surface area (Å²) in [4.78, 5) is 23.1. The van der Waals surface area contributed by atoms with Crippen molar-refractivity contribution in [2.24, 2.45) is 0 Å². The van der Waals surface area contributed by atoms with Gasteiger partial charge in [-0.1, -0.05) is 0 Å². The van der Waals surface area contributed by atoms with Crippen molar-refractivity contribution in [1.82, 2.24) is 9.62 Å². The van der Waals surface area contributed by atoms with E-state index in [2.05, 4.69) is 0 Å². The van der Waals surface area contributed by atoms with E-state index in [0.717, 1.165) is 24.3 Å². The Bertz CT molecular complexity index is 1060. The molecule has 1 aromatic rings. The number of sulfonamides is 1. The molecule has 1 saturated heterocycles. The lowest BCUT2D eigenvalue weighted by Crippen LogP contribution is -2.59. The average molecular weight is 538 g/mol. The zero-order chi connectivity index (χ0) is 26.9. The second-order valence-electron chi connectivity index (χ2n) is 9.95. The zero-order valence-electron chi connectivity index (χ0n) is 20.2. The molecule has 2 fully saturated rings. The second-order valence-corrected chi connectivity index (χ2v) is 11.7. The van der Waals surface area contributed by atoms with E-state index in [1.807, 2.05) is 4.72 Å². The number of benzene rings is 1. The van der Waals surface area contributed by atoms with Gasteiger partial charge in [0.1, 0.15) is 17.8 Å². The quantitative estimate of drug-likeness (QED) is 0.432. The van der Waals surface area contributed by atoms with Crippen LogP contribution in [0.25, 0.3) is 0 Å². The first-order chi connectivity index (χ1) is 16.6. The summed E-state index contributed by atoms with van der Waals surface area (Å²) in [6.07, 6.45) is -5.27. The fraction of sp³-hybridized carbons (Fsp3) is 0.682. The molecule has 14 heteroatoms. The van der Waals surface area contributed by atoms with Crippen molar-refractivity contribution in [2.45, 2.75) is 87.3 Å². The molecule has 0 unspecified atom stereocenters. The van der Waals surface area contributed by atoms with E-state index in [-0.39, 0.29) is 38.0 Å². The number of hydrogen-bond acceptors (Lipinski definition) is 7. The molecule has 0 spiro atoms. The summed E-state index contributed by atoms with van der Waals surface area (Å²) in [5, 5.41) is 10.8. The number of nitrogens with zero attached hydrogens (tertiary/aromatic N) is 2. The van der Waals surface area contributed by atoms with Crippen LogP contribution < -0.4 is 4.72 Å². The van der Waals surface area contributed by atoms with E-state index in [4.69, 9.17) is 9.47 Å². The van der Waals surface area contributed by atoms with E-state index in [1.54, 1.807) is 20.8 Å². The third kappa shape index (κ3) is 6.85. The summed E-state index contributed by atoms with van der Waals surface area (Å²) in [6, 6.07) is 1.83. The summed E-state index contributed by atoms with van der Waals surface area (Å²) in [7, 11) is -4.49. The van der Waals surface area contributed by atoms with Gasteiger partial charge in [-0.25, -0.2) is 26.4 Å². The van der Waals surface area contributed by atoms with Crippen molar-refractivity contribution in [3.63, 3.8) is 0 Å². The van der Waals surface area contributed by atoms with Gasteiger partial charge in [0.15, 0.2) is 0 Å². The summed E-state index contributed by atoms with van der Waals surface area (Å²) in [5.41, 5.74) is -1.12. The highest BCUT2D eigenvalue weighted by atomic mass is 32.2. The molecule has 1 aliphatic carbocycles. The molecule has 1 N–H and O–H groups in total. The number of hydrogen-bond donors (Lipinski definition) is 1. The van der Waals surface area contributed by atoms with Gasteiger partial charge in [0, 0.05) is 25.1 Å².